The summed E-state index contributed by atoms with van der Waals surface area (Å²) in [6.07, 6.45) is -2.84. The van der Waals surface area contributed by atoms with Crippen molar-refractivity contribution in [3.63, 3.8) is 0 Å². The van der Waals surface area contributed by atoms with Gasteiger partial charge in [-0.2, -0.15) is 0 Å². The van der Waals surface area contributed by atoms with Crippen LogP contribution in [-0.4, -0.2) is 74.5 Å². The molecule has 13 heteroatoms. The van der Waals surface area contributed by atoms with E-state index in [2.05, 4.69) is 10.6 Å². The molecule has 13 nitrogen and oxygen atoms in total. The van der Waals surface area contributed by atoms with Crippen molar-refractivity contribution in [3.8, 4) is 0 Å². The maximum absolute atomic E-state index is 13.0. The molecular formula is C23H34N2O11. The minimum Gasteiger partial charge on any atom is -0.481 e. The zero-order chi connectivity index (χ0) is 28.0. The summed E-state index contributed by atoms with van der Waals surface area (Å²) >= 11 is 0. The van der Waals surface area contributed by atoms with Crippen molar-refractivity contribution in [2.45, 2.75) is 84.2 Å². The lowest BCUT2D eigenvalue weighted by atomic mass is 9.91. The van der Waals surface area contributed by atoms with E-state index in [1.807, 2.05) is 0 Å². The van der Waals surface area contributed by atoms with Gasteiger partial charge in [0.15, 0.2) is 11.6 Å². The van der Waals surface area contributed by atoms with Crippen LogP contribution in [0.3, 0.4) is 0 Å². The van der Waals surface area contributed by atoms with Gasteiger partial charge in [0.2, 0.25) is 11.8 Å². The Morgan fingerprint density at radius 3 is 1.53 bits per heavy atom. The maximum atomic E-state index is 13.0. The monoisotopic (exact) mass is 514 g/mol. The van der Waals surface area contributed by atoms with Crippen LogP contribution in [0.2, 0.25) is 0 Å². The van der Waals surface area contributed by atoms with Crippen LogP contribution in [0.15, 0.2) is 0 Å². The highest BCUT2D eigenvalue weighted by Crippen LogP contribution is 2.17. The third-order valence-corrected chi connectivity index (χ3v) is 5.37. The summed E-state index contributed by atoms with van der Waals surface area (Å²) in [6.45, 7) is 3.88. The van der Waals surface area contributed by atoms with Crippen molar-refractivity contribution in [1.29, 1.82) is 0 Å². The quantitative estimate of drug-likeness (QED) is 0.158. The van der Waals surface area contributed by atoms with E-state index in [1.165, 1.54) is 13.8 Å². The Morgan fingerprint density at radius 2 is 1.08 bits per heavy atom. The zero-order valence-corrected chi connectivity index (χ0v) is 20.6. The Hall–Kier alpha value is -3.64. The molecule has 0 fully saturated rings. The molecule has 4 atom stereocenters. The van der Waals surface area contributed by atoms with E-state index >= 15 is 0 Å². The average Bonchev–Trinajstić information content (AvgIpc) is 2.75. The van der Waals surface area contributed by atoms with Crippen LogP contribution in [0.1, 0.15) is 72.1 Å². The number of carbonyl (C=O) groups is 8. The number of carbonyl (C=O) groups excluding carboxylic acids is 5. The minimum absolute atomic E-state index is 0.0991. The van der Waals surface area contributed by atoms with Gasteiger partial charge in [0.05, 0.1) is 12.1 Å². The minimum atomic E-state index is -1.31. The Balaban J connectivity index is 5.66. The molecule has 0 aromatic carbocycles. The molecule has 0 radical (unpaired) electrons. The molecule has 36 heavy (non-hydrogen) atoms. The topological polar surface area (TPSA) is 221 Å². The molecule has 0 rings (SSSR count). The van der Waals surface area contributed by atoms with Gasteiger partial charge in [-0.25, -0.2) is 0 Å². The van der Waals surface area contributed by atoms with Gasteiger partial charge in [-0.3, -0.25) is 33.6 Å². The van der Waals surface area contributed by atoms with Crippen LogP contribution in [0.5, 0.6) is 0 Å². The Labute approximate surface area is 208 Å². The van der Waals surface area contributed by atoms with Crippen molar-refractivity contribution in [2.24, 2.45) is 11.8 Å². The molecule has 0 saturated carbocycles. The molecule has 0 saturated heterocycles. The maximum Gasteiger partial charge on any atom is 0.303 e. The fourth-order valence-electron chi connectivity index (χ4n) is 3.36. The number of carboxylic acid groups (broad SMARTS) is 3. The molecule has 0 aromatic heterocycles. The molecule has 0 aliphatic carbocycles. The molecule has 0 unspecified atom stereocenters. The van der Waals surface area contributed by atoms with Crippen molar-refractivity contribution >= 4 is 47.1 Å². The number of ketones is 3. The van der Waals surface area contributed by atoms with Crippen LogP contribution in [-0.2, 0) is 38.4 Å². The lowest BCUT2D eigenvalue weighted by Crippen LogP contribution is -2.47. The van der Waals surface area contributed by atoms with Gasteiger partial charge in [-0.05, 0) is 33.1 Å². The van der Waals surface area contributed by atoms with Gasteiger partial charge < -0.3 is 30.7 Å². The fraction of sp³-hybridized carbons (Fsp3) is 0.652. The largest absolute Gasteiger partial charge is 0.481 e. The zero-order valence-electron chi connectivity index (χ0n) is 20.6. The van der Waals surface area contributed by atoms with Crippen LogP contribution in [0.25, 0.3) is 0 Å². The Bertz CT molecular complexity index is 868. The van der Waals surface area contributed by atoms with Crippen molar-refractivity contribution in [3.05, 3.63) is 0 Å². The highest BCUT2D eigenvalue weighted by atomic mass is 16.4. The predicted molar refractivity (Wildman–Crippen MR) is 123 cm³/mol. The number of aliphatic carboxylic acids is 3. The van der Waals surface area contributed by atoms with Crippen LogP contribution < -0.4 is 10.6 Å². The second kappa shape index (κ2) is 16.1. The second-order valence-corrected chi connectivity index (χ2v) is 8.70. The van der Waals surface area contributed by atoms with Crippen molar-refractivity contribution in [1.82, 2.24) is 10.6 Å². The summed E-state index contributed by atoms with van der Waals surface area (Å²) in [7, 11) is 0. The first-order valence-electron chi connectivity index (χ1n) is 11.4. The Kier molecular flexibility index (Phi) is 14.5. The first-order chi connectivity index (χ1) is 16.6. The normalized spacial score (nSPS) is 14.0. The third kappa shape index (κ3) is 13.9. The first-order valence-corrected chi connectivity index (χ1v) is 11.4. The number of amides is 2. The Morgan fingerprint density at radius 1 is 0.639 bits per heavy atom. The van der Waals surface area contributed by atoms with Gasteiger partial charge in [0, 0.05) is 43.9 Å². The summed E-state index contributed by atoms with van der Waals surface area (Å²) in [6, 6.07) is -2.47. The molecule has 0 heterocycles. The number of carboxylic acids is 3. The average molecular weight is 515 g/mol. The van der Waals surface area contributed by atoms with Gasteiger partial charge in [0.25, 0.3) is 0 Å². The molecule has 202 valence electrons. The molecule has 0 aliphatic rings. The second-order valence-electron chi connectivity index (χ2n) is 8.70. The van der Waals surface area contributed by atoms with Crippen molar-refractivity contribution < 1.29 is 53.7 Å². The molecule has 5 N–H and O–H groups in total. The molecule has 0 bridgehead atoms. The summed E-state index contributed by atoms with van der Waals surface area (Å²) in [4.78, 5) is 94.2. The number of hydrogen-bond donors (Lipinski definition) is 5. The van der Waals surface area contributed by atoms with Gasteiger partial charge in [-0.1, -0.05) is 6.92 Å². The van der Waals surface area contributed by atoms with E-state index in [1.54, 1.807) is 0 Å². The molecule has 0 spiro atoms. The lowest BCUT2D eigenvalue weighted by molar-refractivity contribution is -0.140. The van der Waals surface area contributed by atoms with Gasteiger partial charge in [0.1, 0.15) is 5.78 Å². The highest BCUT2D eigenvalue weighted by Gasteiger charge is 2.31. The number of nitrogens with one attached hydrogen (secondary N) is 2. The van der Waals surface area contributed by atoms with E-state index < -0.39 is 90.9 Å². The molecule has 0 aliphatic heterocycles. The van der Waals surface area contributed by atoms with E-state index in [0.717, 1.165) is 6.92 Å². The number of hydrogen-bond acceptors (Lipinski definition) is 8. The SMILES string of the molecule is CC(=O)C[C@H](C)C(=O)N[C@@H](CCC(=O)O)C(=O)C[C@H](CCC(=O)O)C(=O)N[C@@H](CCC(=O)O)C(C)=O. The van der Waals surface area contributed by atoms with Gasteiger partial charge >= 0.3 is 17.9 Å². The van der Waals surface area contributed by atoms with Gasteiger partial charge in [-0.15, -0.1) is 0 Å². The molecular weight excluding hydrogens is 480 g/mol. The van der Waals surface area contributed by atoms with E-state index in [4.69, 9.17) is 15.3 Å². The fourth-order valence-corrected chi connectivity index (χ4v) is 3.36. The van der Waals surface area contributed by atoms with Crippen LogP contribution >= 0.6 is 0 Å². The lowest BCUT2D eigenvalue weighted by Gasteiger charge is -2.23. The third-order valence-electron chi connectivity index (χ3n) is 5.37. The predicted octanol–water partition coefficient (Wildman–Crippen LogP) is 0.330. The van der Waals surface area contributed by atoms with Crippen LogP contribution in [0.4, 0.5) is 0 Å². The summed E-state index contributed by atoms with van der Waals surface area (Å²) < 4.78 is 0. The molecule has 2 amide bonds. The van der Waals surface area contributed by atoms with E-state index in [-0.39, 0.29) is 31.5 Å². The van der Waals surface area contributed by atoms with Crippen molar-refractivity contribution in [2.75, 3.05) is 0 Å². The highest BCUT2D eigenvalue weighted by molar-refractivity contribution is 5.95. The number of Topliss-reactive ketones (excluding diaryl/α,β-unsaturated/α-hetero) is 3. The van der Waals surface area contributed by atoms with E-state index in [0.29, 0.717) is 0 Å². The number of rotatable bonds is 19. The molecule has 0 aromatic rings. The summed E-state index contributed by atoms with van der Waals surface area (Å²) in [5.41, 5.74) is 0. The summed E-state index contributed by atoms with van der Waals surface area (Å²) in [5.74, 6) is -8.73. The standard InChI is InChI=1S/C23H34N2O11/c1-12(10-13(2)26)22(35)25-17(6-9-21(33)34)18(28)11-15(4-7-19(29)30)23(36)24-16(14(3)27)5-8-20(31)32/h12,15-17H,4-11H2,1-3H3,(H,24,36)(H,25,35)(H,29,30)(H,31,32)(H,33,34)/t12-,15-,16-,17-/m0/s1. The smallest absolute Gasteiger partial charge is 0.303 e. The first kappa shape index (κ1) is 32.4. The summed E-state index contributed by atoms with van der Waals surface area (Å²) in [5, 5.41) is 31.6. The van der Waals surface area contributed by atoms with Crippen LogP contribution in [0, 0.1) is 11.8 Å². The van der Waals surface area contributed by atoms with E-state index in [9.17, 15) is 38.4 Å².